The monoisotopic (exact) mass is 714 g/mol. The number of amides is 3. The van der Waals surface area contributed by atoms with E-state index in [4.69, 9.17) is 10.6 Å². The predicted molar refractivity (Wildman–Crippen MR) is 177 cm³/mol. The number of nitrogens with two attached hydrogens (primary N) is 1. The Morgan fingerprint density at radius 3 is 2.43 bits per heavy atom. The zero-order chi connectivity index (χ0) is 35.9. The van der Waals surface area contributed by atoms with E-state index in [9.17, 15) is 44.4 Å². The standard InChI is InChI=1S/C29H30N8O10S2/c1-29(2,27(45)46)47-35-19(15-10-49-28(30)33-15)23(41)34-20-24(42)37-21(26(43)44)11(9-48-25(20)37)8-31-22(40)14-6-16(36(3)4)12-5-17(38)18(39)7-13(12)32-14/h5-7,10,20,25,38-39H,8-9H2,1-4H3,(H2,30,33)(H,31,40)(H,34,41)(H,43,44)(H,45,46)/t20-,25-/m1/s1. The minimum absolute atomic E-state index is 0.0289. The van der Waals surface area contributed by atoms with Crippen LogP contribution in [0.4, 0.5) is 10.8 Å². The second-order valence-corrected chi connectivity index (χ2v) is 13.5. The minimum Gasteiger partial charge on any atom is -0.504 e. The number of pyridine rings is 1. The highest BCUT2D eigenvalue weighted by molar-refractivity contribution is 8.00. The largest absolute Gasteiger partial charge is 0.504 e. The fourth-order valence-electron chi connectivity index (χ4n) is 4.82. The van der Waals surface area contributed by atoms with E-state index < -0.39 is 58.1 Å². The normalized spacial score (nSPS) is 17.7. The van der Waals surface area contributed by atoms with E-state index in [1.165, 1.54) is 37.4 Å². The van der Waals surface area contributed by atoms with Gasteiger partial charge in [-0.3, -0.25) is 19.3 Å². The van der Waals surface area contributed by atoms with Crippen LogP contribution in [-0.4, -0.2) is 114 Å². The van der Waals surface area contributed by atoms with Crippen LogP contribution in [0.15, 0.2) is 40.0 Å². The van der Waals surface area contributed by atoms with Crippen LogP contribution in [0.1, 0.15) is 30.0 Å². The molecule has 0 unspecified atom stereocenters. The molecule has 18 nitrogen and oxygen atoms in total. The molecule has 0 bridgehead atoms. The fraction of sp³-hybridized carbons (Fsp3) is 0.310. The number of β-lactam (4-membered cyclic amide) rings is 1. The molecule has 3 amide bonds. The Hall–Kier alpha value is -5.63. The average molecular weight is 715 g/mol. The predicted octanol–water partition coefficient (Wildman–Crippen LogP) is 0.503. The number of anilines is 2. The van der Waals surface area contributed by atoms with Crippen LogP contribution in [0.25, 0.3) is 10.9 Å². The van der Waals surface area contributed by atoms with Crippen molar-refractivity contribution in [3.05, 3.63) is 46.2 Å². The number of benzene rings is 1. The van der Waals surface area contributed by atoms with Crippen molar-refractivity contribution in [3.63, 3.8) is 0 Å². The summed E-state index contributed by atoms with van der Waals surface area (Å²) in [7, 11) is 3.44. The fourth-order valence-corrected chi connectivity index (χ4v) is 6.72. The quantitative estimate of drug-likeness (QED) is 0.0617. The van der Waals surface area contributed by atoms with Gasteiger partial charge < -0.3 is 46.5 Å². The Morgan fingerprint density at radius 1 is 1.12 bits per heavy atom. The molecule has 0 radical (unpaired) electrons. The molecule has 5 rings (SSSR count). The van der Waals surface area contributed by atoms with Gasteiger partial charge in [-0.25, -0.2) is 19.6 Å². The van der Waals surface area contributed by atoms with Gasteiger partial charge >= 0.3 is 11.9 Å². The van der Waals surface area contributed by atoms with E-state index in [1.54, 1.807) is 19.0 Å². The number of phenols is 2. The summed E-state index contributed by atoms with van der Waals surface area (Å²) in [6.45, 7) is 2.18. The number of rotatable bonds is 11. The van der Waals surface area contributed by atoms with Crippen LogP contribution in [0, 0.1) is 0 Å². The van der Waals surface area contributed by atoms with E-state index in [1.807, 2.05) is 0 Å². The molecule has 2 aliphatic heterocycles. The molecule has 1 saturated heterocycles. The number of nitrogens with zero attached hydrogens (tertiary/aromatic N) is 5. The average Bonchev–Trinajstić information content (AvgIpc) is 3.47. The van der Waals surface area contributed by atoms with Crippen LogP contribution in [0.3, 0.4) is 0 Å². The highest BCUT2D eigenvalue weighted by Crippen LogP contribution is 2.40. The molecule has 0 spiro atoms. The van der Waals surface area contributed by atoms with Gasteiger partial charge in [-0.1, -0.05) is 5.16 Å². The number of aromatic hydroxyl groups is 2. The maximum atomic E-state index is 13.3. The number of carbonyl (C=O) groups excluding carboxylic acids is 3. The van der Waals surface area contributed by atoms with Crippen LogP contribution in [0.5, 0.6) is 11.5 Å². The number of fused-ring (bicyclic) bond motifs is 2. The first-order chi connectivity index (χ1) is 23.0. The van der Waals surface area contributed by atoms with Gasteiger partial charge in [-0.2, -0.15) is 0 Å². The lowest BCUT2D eigenvalue weighted by Gasteiger charge is -2.49. The van der Waals surface area contributed by atoms with Crippen LogP contribution in [-0.2, 0) is 24.0 Å². The number of aliphatic carboxylic acids is 2. The number of nitrogen functional groups attached to an aromatic ring is 1. The number of nitrogens with one attached hydrogen (secondary N) is 2. The number of carboxylic acids is 2. The lowest BCUT2D eigenvalue weighted by Crippen LogP contribution is -2.71. The van der Waals surface area contributed by atoms with Crippen molar-refractivity contribution in [3.8, 4) is 11.5 Å². The zero-order valence-electron chi connectivity index (χ0n) is 26.2. The van der Waals surface area contributed by atoms with E-state index in [0.29, 0.717) is 11.1 Å². The molecule has 4 heterocycles. The topological polar surface area (TPSA) is 270 Å². The van der Waals surface area contributed by atoms with Gasteiger partial charge in [0.25, 0.3) is 17.7 Å². The minimum atomic E-state index is -1.81. The highest BCUT2D eigenvalue weighted by atomic mass is 32.2. The summed E-state index contributed by atoms with van der Waals surface area (Å²) in [5.41, 5.74) is 3.99. The Morgan fingerprint density at radius 2 is 1.82 bits per heavy atom. The van der Waals surface area contributed by atoms with Crippen molar-refractivity contribution in [2.75, 3.05) is 37.0 Å². The first kappa shape index (κ1) is 34.7. The maximum Gasteiger partial charge on any atom is 0.352 e. The number of carbonyl (C=O) groups is 5. The summed E-state index contributed by atoms with van der Waals surface area (Å²) in [5.74, 6) is -5.83. The second-order valence-electron chi connectivity index (χ2n) is 11.5. The molecule has 1 aromatic carbocycles. The van der Waals surface area contributed by atoms with Gasteiger partial charge in [0.05, 0.1) is 5.52 Å². The smallest absolute Gasteiger partial charge is 0.352 e. The molecular weight excluding hydrogens is 684 g/mol. The molecule has 20 heteroatoms. The Balaban J connectivity index is 1.33. The number of hydrogen-bond donors (Lipinski definition) is 7. The molecule has 2 aliphatic rings. The first-order valence-corrected chi connectivity index (χ1v) is 16.2. The summed E-state index contributed by atoms with van der Waals surface area (Å²) in [5, 5.41) is 49.3. The number of aromatic nitrogens is 2. The summed E-state index contributed by atoms with van der Waals surface area (Å²) < 4.78 is 0. The summed E-state index contributed by atoms with van der Waals surface area (Å²) in [6, 6.07) is 2.83. The molecule has 1 fully saturated rings. The van der Waals surface area contributed by atoms with Crippen molar-refractivity contribution < 1.29 is 49.2 Å². The van der Waals surface area contributed by atoms with Crippen molar-refractivity contribution in [2.24, 2.45) is 5.16 Å². The van der Waals surface area contributed by atoms with Crippen molar-refractivity contribution in [1.82, 2.24) is 25.5 Å². The van der Waals surface area contributed by atoms with Gasteiger partial charge in [0.15, 0.2) is 22.3 Å². The number of thioether (sulfide) groups is 1. The second kappa shape index (κ2) is 13.1. The molecule has 0 aliphatic carbocycles. The number of thiazole rings is 1. The maximum absolute atomic E-state index is 13.3. The van der Waals surface area contributed by atoms with Gasteiger partial charge in [0.2, 0.25) is 5.60 Å². The lowest BCUT2D eigenvalue weighted by molar-refractivity contribution is -0.161. The first-order valence-electron chi connectivity index (χ1n) is 14.2. The van der Waals surface area contributed by atoms with E-state index in [-0.39, 0.29) is 51.4 Å². The zero-order valence-corrected chi connectivity index (χ0v) is 27.9. The van der Waals surface area contributed by atoms with E-state index in [2.05, 4.69) is 25.8 Å². The molecule has 2 atom stereocenters. The lowest BCUT2D eigenvalue weighted by atomic mass is 10.0. The molecule has 3 aromatic rings. The molecule has 0 saturated carbocycles. The van der Waals surface area contributed by atoms with E-state index >= 15 is 0 Å². The highest BCUT2D eigenvalue weighted by Gasteiger charge is 2.54. The third kappa shape index (κ3) is 6.72. The van der Waals surface area contributed by atoms with Crippen LogP contribution < -0.4 is 21.3 Å². The van der Waals surface area contributed by atoms with Crippen molar-refractivity contribution in [1.29, 1.82) is 0 Å². The number of phenolic OH excluding ortho intramolecular Hbond substituents is 2. The number of hydrogen-bond acceptors (Lipinski definition) is 15. The molecular formula is C29H30N8O10S2. The van der Waals surface area contributed by atoms with Gasteiger partial charge in [-0.05, 0) is 31.6 Å². The summed E-state index contributed by atoms with van der Waals surface area (Å²) >= 11 is 2.14. The Kier molecular flexibility index (Phi) is 9.28. The third-order valence-electron chi connectivity index (χ3n) is 7.46. The van der Waals surface area contributed by atoms with Crippen molar-refractivity contribution >= 4 is 80.2 Å². The Labute approximate surface area is 285 Å². The molecule has 258 valence electrons. The molecule has 8 N–H and O–H groups in total. The van der Waals surface area contributed by atoms with Gasteiger partial charge in [0, 0.05) is 48.9 Å². The molecule has 49 heavy (non-hydrogen) atoms. The summed E-state index contributed by atoms with van der Waals surface area (Å²) in [4.78, 5) is 79.7. The summed E-state index contributed by atoms with van der Waals surface area (Å²) in [6.07, 6.45) is 0. The number of carboxylic acid groups (broad SMARTS) is 2. The van der Waals surface area contributed by atoms with Gasteiger partial charge in [0.1, 0.15) is 28.5 Å². The van der Waals surface area contributed by atoms with Crippen LogP contribution in [0.2, 0.25) is 0 Å². The van der Waals surface area contributed by atoms with E-state index in [0.717, 1.165) is 28.0 Å². The Bertz CT molecular complexity index is 1970. The van der Waals surface area contributed by atoms with Gasteiger partial charge in [-0.15, -0.1) is 23.1 Å². The van der Waals surface area contributed by atoms with Crippen molar-refractivity contribution in [2.45, 2.75) is 30.9 Å². The number of oxime groups is 1. The molecule has 2 aromatic heterocycles. The van der Waals surface area contributed by atoms with Crippen LogP contribution >= 0.6 is 23.1 Å². The SMILES string of the molecule is CN(C)c1cc(C(=O)NCC2=C(C(=O)O)N3C(=O)[C@@H](NC(=O)C(=NOC(C)(C)C(=O)O)c4csc(N)n4)[C@H]3SC2)nc2cc(O)c(O)cc12. The third-order valence-corrected chi connectivity index (χ3v) is 9.47.